The topological polar surface area (TPSA) is 146 Å². The van der Waals surface area contributed by atoms with Crippen molar-refractivity contribution in [3.63, 3.8) is 0 Å². The summed E-state index contributed by atoms with van der Waals surface area (Å²) < 4.78 is 20.0. The molecule has 4 rings (SSSR count). The van der Waals surface area contributed by atoms with Gasteiger partial charge in [0, 0.05) is 30.4 Å². The number of methoxy groups -OCH3 is 1. The van der Waals surface area contributed by atoms with Crippen molar-refractivity contribution >= 4 is 23.7 Å². The van der Waals surface area contributed by atoms with Gasteiger partial charge < -0.3 is 21.5 Å². The highest BCUT2D eigenvalue weighted by molar-refractivity contribution is 6.01. The number of nitrogen functional groups attached to an aromatic ring is 1. The number of benzene rings is 1. The van der Waals surface area contributed by atoms with Gasteiger partial charge in [-0.25, -0.2) is 13.9 Å². The Morgan fingerprint density at radius 1 is 1.23 bits per heavy atom. The summed E-state index contributed by atoms with van der Waals surface area (Å²) in [6, 6.07) is 11.0. The zero-order valence-electron chi connectivity index (χ0n) is 19.0. The lowest BCUT2D eigenvalue weighted by molar-refractivity contribution is 0.0964. The van der Waals surface area contributed by atoms with Crippen LogP contribution in [0.25, 0.3) is 16.8 Å². The molecule has 1 aromatic carbocycles. The first kappa shape index (κ1) is 23.4. The number of carbonyl (C=O) groups is 1. The van der Waals surface area contributed by atoms with Crippen LogP contribution in [-0.2, 0) is 0 Å². The Kier molecular flexibility index (Phi) is 6.67. The number of aliphatic imine (C=N–C) groups is 1. The number of carbonyl (C=O) groups excluding carboxylic acids is 1. The minimum Gasteiger partial charge on any atom is -0.480 e. The van der Waals surface area contributed by atoms with Crippen molar-refractivity contribution in [3.8, 4) is 17.0 Å². The Bertz CT molecular complexity index is 1430. The van der Waals surface area contributed by atoms with E-state index in [9.17, 15) is 9.18 Å². The number of pyridine rings is 2. The zero-order chi connectivity index (χ0) is 24.9. The first-order valence-corrected chi connectivity index (χ1v) is 10.6. The number of hydrogen-bond donors (Lipinski definition) is 3. The van der Waals surface area contributed by atoms with Gasteiger partial charge in [-0.15, -0.1) is 5.10 Å². The molecule has 3 heterocycles. The molecule has 11 heteroatoms. The number of rotatable bonds is 7. The maximum absolute atomic E-state index is 13.2. The summed E-state index contributed by atoms with van der Waals surface area (Å²) in [5, 5.41) is 6.76. The summed E-state index contributed by atoms with van der Waals surface area (Å²) >= 11 is 0. The third-order valence-electron chi connectivity index (χ3n) is 5.20. The second kappa shape index (κ2) is 10.00. The molecule has 0 radical (unpaired) electrons. The van der Waals surface area contributed by atoms with Crippen LogP contribution in [0, 0.1) is 5.82 Å². The summed E-state index contributed by atoms with van der Waals surface area (Å²) in [6.45, 7) is 1.84. The van der Waals surface area contributed by atoms with Gasteiger partial charge in [-0.3, -0.25) is 9.79 Å². The fraction of sp³-hybridized carbons (Fsp3) is 0.125. The lowest BCUT2D eigenvalue weighted by Crippen LogP contribution is -2.25. The van der Waals surface area contributed by atoms with Gasteiger partial charge in [0.1, 0.15) is 11.4 Å². The van der Waals surface area contributed by atoms with Crippen LogP contribution >= 0.6 is 0 Å². The smallest absolute Gasteiger partial charge is 0.261 e. The minimum absolute atomic E-state index is 0.145. The van der Waals surface area contributed by atoms with Crippen molar-refractivity contribution in [2.45, 2.75) is 13.0 Å². The Morgan fingerprint density at radius 2 is 2.00 bits per heavy atom. The van der Waals surface area contributed by atoms with Gasteiger partial charge in [0.05, 0.1) is 18.8 Å². The maximum atomic E-state index is 13.2. The standard InChI is InChI=1S/C24H23FN8O2/c1-14(15-3-5-18(25)6-4-15)28-13-19(11-26)30-22(34)20-9-17(12-29-23(20)35-2)16-7-8-33-21(10-16)31-24(27)32-33/h3-14H,26H2,1-2H3,(H2,27,32)(H,30,34). The predicted molar refractivity (Wildman–Crippen MR) is 130 cm³/mol. The van der Waals surface area contributed by atoms with Gasteiger partial charge in [0.25, 0.3) is 5.91 Å². The molecule has 35 heavy (non-hydrogen) atoms. The van der Waals surface area contributed by atoms with Crippen molar-refractivity contribution < 1.29 is 13.9 Å². The fourth-order valence-corrected chi connectivity index (χ4v) is 3.35. The molecule has 0 saturated carbocycles. The molecule has 0 fully saturated rings. The van der Waals surface area contributed by atoms with Crippen LogP contribution in [0.5, 0.6) is 5.88 Å². The third-order valence-corrected chi connectivity index (χ3v) is 5.20. The molecule has 1 atom stereocenters. The average Bonchev–Trinajstić information content (AvgIpc) is 3.25. The number of nitrogens with two attached hydrogens (primary N) is 2. The van der Waals surface area contributed by atoms with Gasteiger partial charge >= 0.3 is 0 Å². The molecule has 1 unspecified atom stereocenters. The molecule has 0 bridgehead atoms. The van der Waals surface area contributed by atoms with E-state index in [-0.39, 0.29) is 34.9 Å². The van der Waals surface area contributed by atoms with Crippen molar-refractivity contribution in [1.82, 2.24) is 24.9 Å². The number of hydrogen-bond acceptors (Lipinski definition) is 8. The molecule has 0 spiro atoms. The SMILES string of the molecule is COc1ncc(-c2ccn3nc(N)nc3c2)cc1C(=O)NC(C=NC(C)c1ccc(F)cc1)=CN. The van der Waals surface area contributed by atoms with Crippen LogP contribution in [0.1, 0.15) is 28.9 Å². The molecule has 0 aliphatic carbocycles. The van der Waals surface area contributed by atoms with E-state index >= 15 is 0 Å². The quantitative estimate of drug-likeness (QED) is 0.349. The van der Waals surface area contributed by atoms with Crippen molar-refractivity contribution in [3.05, 3.63) is 83.7 Å². The number of fused-ring (bicyclic) bond motifs is 1. The van der Waals surface area contributed by atoms with Gasteiger partial charge in [0.2, 0.25) is 11.8 Å². The molecule has 3 aromatic heterocycles. The van der Waals surface area contributed by atoms with E-state index < -0.39 is 5.91 Å². The number of allylic oxidation sites excluding steroid dienone is 1. The predicted octanol–water partition coefficient (Wildman–Crippen LogP) is 2.88. The Hall–Kier alpha value is -4.80. The van der Waals surface area contributed by atoms with Gasteiger partial charge in [-0.05, 0) is 48.4 Å². The highest BCUT2D eigenvalue weighted by Gasteiger charge is 2.17. The van der Waals surface area contributed by atoms with Gasteiger partial charge in [-0.2, -0.15) is 4.98 Å². The zero-order valence-corrected chi connectivity index (χ0v) is 19.0. The summed E-state index contributed by atoms with van der Waals surface area (Å²) in [5.41, 5.74) is 14.6. The van der Waals surface area contributed by atoms with Crippen LogP contribution < -0.4 is 21.5 Å². The number of nitrogens with zero attached hydrogens (tertiary/aromatic N) is 5. The highest BCUT2D eigenvalue weighted by atomic mass is 19.1. The van der Waals surface area contributed by atoms with E-state index in [1.165, 1.54) is 31.7 Å². The number of ether oxygens (including phenoxy) is 1. The first-order chi connectivity index (χ1) is 16.9. The summed E-state index contributed by atoms with van der Waals surface area (Å²) in [5.74, 6) is -0.504. The largest absolute Gasteiger partial charge is 0.480 e. The minimum atomic E-state index is -0.485. The molecular weight excluding hydrogens is 451 g/mol. The van der Waals surface area contributed by atoms with E-state index in [0.717, 1.165) is 11.1 Å². The first-order valence-electron chi connectivity index (χ1n) is 10.6. The molecular formula is C24H23FN8O2. The van der Waals surface area contributed by atoms with Crippen LogP contribution in [0.15, 0.2) is 71.7 Å². The van der Waals surface area contributed by atoms with Crippen molar-refractivity contribution in [2.24, 2.45) is 10.7 Å². The molecule has 1 amide bonds. The number of nitrogens with one attached hydrogen (secondary N) is 1. The van der Waals surface area contributed by atoms with Crippen LogP contribution in [0.4, 0.5) is 10.3 Å². The van der Waals surface area contributed by atoms with E-state index in [1.807, 2.05) is 6.92 Å². The van der Waals surface area contributed by atoms with E-state index in [4.69, 9.17) is 16.2 Å². The lowest BCUT2D eigenvalue weighted by atomic mass is 10.1. The van der Waals surface area contributed by atoms with Crippen molar-refractivity contribution in [1.29, 1.82) is 0 Å². The lowest BCUT2D eigenvalue weighted by Gasteiger charge is -2.11. The third kappa shape index (κ3) is 5.24. The maximum Gasteiger partial charge on any atom is 0.261 e. The monoisotopic (exact) mass is 474 g/mol. The average molecular weight is 475 g/mol. The van der Waals surface area contributed by atoms with E-state index in [0.29, 0.717) is 11.2 Å². The molecule has 0 saturated heterocycles. The normalized spacial score (nSPS) is 12.7. The van der Waals surface area contributed by atoms with Crippen molar-refractivity contribution in [2.75, 3.05) is 12.8 Å². The summed E-state index contributed by atoms with van der Waals surface area (Å²) in [6.07, 6.45) is 5.98. The Morgan fingerprint density at radius 3 is 2.71 bits per heavy atom. The number of halogens is 1. The van der Waals surface area contributed by atoms with E-state index in [2.05, 4.69) is 25.4 Å². The Labute approximate surface area is 200 Å². The van der Waals surface area contributed by atoms with Gasteiger partial charge in [-0.1, -0.05) is 12.1 Å². The molecule has 178 valence electrons. The second-order valence-corrected chi connectivity index (χ2v) is 7.55. The van der Waals surface area contributed by atoms with E-state index in [1.54, 1.807) is 47.2 Å². The molecule has 10 nitrogen and oxygen atoms in total. The molecule has 0 aliphatic heterocycles. The highest BCUT2D eigenvalue weighted by Crippen LogP contribution is 2.25. The number of anilines is 1. The number of aromatic nitrogens is 4. The fourth-order valence-electron chi connectivity index (χ4n) is 3.35. The summed E-state index contributed by atoms with van der Waals surface area (Å²) in [7, 11) is 1.43. The van der Waals surface area contributed by atoms with Crippen LogP contribution in [-0.4, -0.2) is 38.8 Å². The van der Waals surface area contributed by atoms with Crippen LogP contribution in [0.2, 0.25) is 0 Å². The Balaban J connectivity index is 1.55. The summed E-state index contributed by atoms with van der Waals surface area (Å²) in [4.78, 5) is 25.9. The molecule has 5 N–H and O–H groups in total. The second-order valence-electron chi connectivity index (χ2n) is 7.55. The molecule has 4 aromatic rings. The molecule has 0 aliphatic rings. The van der Waals surface area contributed by atoms with Gasteiger partial charge in [0.15, 0.2) is 5.65 Å². The number of amides is 1. The van der Waals surface area contributed by atoms with Crippen LogP contribution in [0.3, 0.4) is 0 Å².